The predicted molar refractivity (Wildman–Crippen MR) is 82.7 cm³/mol. The molecule has 0 heterocycles. The molecule has 0 aromatic rings. The average molecular weight is 288 g/mol. The van der Waals surface area contributed by atoms with Crippen LogP contribution in [0.15, 0.2) is 11.6 Å². The Bertz CT molecular complexity index is 508. The van der Waals surface area contributed by atoms with Gasteiger partial charge in [-0.05, 0) is 73.2 Å². The number of carbonyl (C=O) groups excluding carboxylic acids is 1. The number of allylic oxidation sites excluding steroid dienone is 1. The van der Waals surface area contributed by atoms with Crippen molar-refractivity contribution in [2.75, 3.05) is 0 Å². The molecule has 116 valence electrons. The van der Waals surface area contributed by atoms with Crippen LogP contribution in [0.2, 0.25) is 0 Å². The van der Waals surface area contributed by atoms with E-state index in [9.17, 15) is 9.90 Å². The molecule has 0 radical (unpaired) electrons. The minimum atomic E-state index is -0.170. The van der Waals surface area contributed by atoms with Gasteiger partial charge in [-0.1, -0.05) is 25.8 Å². The molecule has 21 heavy (non-hydrogen) atoms. The summed E-state index contributed by atoms with van der Waals surface area (Å²) in [4.78, 5) is 11.8. The van der Waals surface area contributed by atoms with Crippen molar-refractivity contribution in [1.29, 1.82) is 0 Å². The first kappa shape index (κ1) is 14.0. The highest BCUT2D eigenvalue weighted by Gasteiger charge is 2.59. The maximum Gasteiger partial charge on any atom is 0.155 e. The van der Waals surface area contributed by atoms with E-state index in [1.54, 1.807) is 0 Å². The van der Waals surface area contributed by atoms with Gasteiger partial charge in [0.15, 0.2) is 5.78 Å². The van der Waals surface area contributed by atoms with Crippen molar-refractivity contribution < 1.29 is 9.90 Å². The number of hydrogen-bond donors (Lipinski definition) is 1. The van der Waals surface area contributed by atoms with Crippen LogP contribution in [-0.2, 0) is 4.79 Å². The van der Waals surface area contributed by atoms with Crippen LogP contribution in [-0.4, -0.2) is 17.0 Å². The summed E-state index contributed by atoms with van der Waals surface area (Å²) in [5, 5.41) is 11.0. The summed E-state index contributed by atoms with van der Waals surface area (Å²) in [5.41, 5.74) is 1.81. The average Bonchev–Trinajstić information content (AvgIpc) is 2.80. The SMILES string of the molecule is C[C@]12CCC[C@@H]1[C@@H]1CCC3=CC(=O)CC[C@]3(C)[C@H]1[C@H](O)C2. The molecule has 3 saturated carbocycles. The van der Waals surface area contributed by atoms with Gasteiger partial charge in [-0.15, -0.1) is 0 Å². The molecule has 3 fully saturated rings. The quantitative estimate of drug-likeness (QED) is 0.734. The van der Waals surface area contributed by atoms with Crippen molar-refractivity contribution in [3.8, 4) is 0 Å². The summed E-state index contributed by atoms with van der Waals surface area (Å²) in [6.45, 7) is 4.76. The normalized spacial score (nSPS) is 52.7. The van der Waals surface area contributed by atoms with E-state index in [0.29, 0.717) is 29.5 Å². The molecule has 0 aliphatic heterocycles. The largest absolute Gasteiger partial charge is 0.393 e. The third-order valence-corrected chi connectivity index (χ3v) is 7.67. The van der Waals surface area contributed by atoms with Gasteiger partial charge in [0.1, 0.15) is 0 Å². The number of ketones is 1. The number of fused-ring (bicyclic) bond motifs is 5. The van der Waals surface area contributed by atoms with E-state index < -0.39 is 0 Å². The van der Waals surface area contributed by atoms with Crippen molar-refractivity contribution in [2.24, 2.45) is 28.6 Å². The first-order chi connectivity index (χ1) is 9.94. The highest BCUT2D eigenvalue weighted by molar-refractivity contribution is 5.91. The van der Waals surface area contributed by atoms with Crippen molar-refractivity contribution >= 4 is 5.78 Å². The Hall–Kier alpha value is -0.630. The molecule has 0 aromatic carbocycles. The summed E-state index contributed by atoms with van der Waals surface area (Å²) in [7, 11) is 0. The number of rotatable bonds is 0. The monoisotopic (exact) mass is 288 g/mol. The van der Waals surface area contributed by atoms with E-state index in [0.717, 1.165) is 25.2 Å². The second-order valence-corrected chi connectivity index (χ2v) is 8.71. The van der Waals surface area contributed by atoms with Gasteiger partial charge in [-0.2, -0.15) is 0 Å². The van der Waals surface area contributed by atoms with Crippen LogP contribution in [0.1, 0.15) is 65.2 Å². The van der Waals surface area contributed by atoms with Crippen LogP contribution in [0.5, 0.6) is 0 Å². The van der Waals surface area contributed by atoms with Gasteiger partial charge >= 0.3 is 0 Å². The lowest BCUT2D eigenvalue weighted by Crippen LogP contribution is -2.55. The Morgan fingerprint density at radius 3 is 2.81 bits per heavy atom. The number of hydrogen-bond acceptors (Lipinski definition) is 2. The molecule has 6 atom stereocenters. The molecule has 0 amide bonds. The van der Waals surface area contributed by atoms with E-state index in [2.05, 4.69) is 13.8 Å². The molecule has 2 nitrogen and oxygen atoms in total. The molecule has 4 aliphatic rings. The molecular weight excluding hydrogens is 260 g/mol. The summed E-state index contributed by atoms with van der Waals surface area (Å²) < 4.78 is 0. The maximum absolute atomic E-state index is 11.8. The Morgan fingerprint density at radius 2 is 2.00 bits per heavy atom. The molecular formula is C19H28O2. The van der Waals surface area contributed by atoms with Crippen LogP contribution in [0, 0.1) is 28.6 Å². The number of aliphatic hydroxyl groups is 1. The Balaban J connectivity index is 1.74. The Labute approximate surface area is 128 Å². The van der Waals surface area contributed by atoms with Gasteiger partial charge < -0.3 is 5.11 Å². The standard InChI is InChI=1S/C19H28O2/c1-18-8-3-4-15(18)14-6-5-12-10-13(20)7-9-19(12,2)17(14)16(21)11-18/h10,14-17,21H,3-9,11H2,1-2H3/t14-,15+,16+,17+,18+,19-/m0/s1. The number of aliphatic hydroxyl groups excluding tert-OH is 1. The van der Waals surface area contributed by atoms with Crippen LogP contribution < -0.4 is 0 Å². The van der Waals surface area contributed by atoms with Crippen LogP contribution in [0.25, 0.3) is 0 Å². The van der Waals surface area contributed by atoms with Gasteiger partial charge in [0.25, 0.3) is 0 Å². The lowest BCUT2D eigenvalue weighted by molar-refractivity contribution is -0.127. The zero-order valence-corrected chi connectivity index (χ0v) is 13.4. The zero-order chi connectivity index (χ0) is 14.8. The lowest BCUT2D eigenvalue weighted by Gasteiger charge is -2.59. The van der Waals surface area contributed by atoms with Gasteiger partial charge in [0.05, 0.1) is 6.10 Å². The van der Waals surface area contributed by atoms with Gasteiger partial charge in [-0.3, -0.25) is 4.79 Å². The fourth-order valence-corrected chi connectivity index (χ4v) is 6.70. The molecule has 0 aromatic heterocycles. The smallest absolute Gasteiger partial charge is 0.155 e. The first-order valence-corrected chi connectivity index (χ1v) is 8.86. The van der Waals surface area contributed by atoms with Gasteiger partial charge in [-0.25, -0.2) is 0 Å². The predicted octanol–water partition coefficient (Wildman–Crippen LogP) is 3.88. The third kappa shape index (κ3) is 1.84. The second kappa shape index (κ2) is 4.44. The highest BCUT2D eigenvalue weighted by Crippen LogP contribution is 2.65. The fourth-order valence-electron chi connectivity index (χ4n) is 6.70. The maximum atomic E-state index is 11.8. The number of carbonyl (C=O) groups is 1. The lowest BCUT2D eigenvalue weighted by atomic mass is 9.46. The summed E-state index contributed by atoms with van der Waals surface area (Å²) >= 11 is 0. The van der Waals surface area contributed by atoms with Gasteiger partial charge in [0, 0.05) is 6.42 Å². The van der Waals surface area contributed by atoms with Crippen molar-refractivity contribution in [3.63, 3.8) is 0 Å². The molecule has 0 saturated heterocycles. The van der Waals surface area contributed by atoms with E-state index in [1.165, 1.54) is 31.3 Å². The van der Waals surface area contributed by atoms with E-state index >= 15 is 0 Å². The molecule has 0 spiro atoms. The third-order valence-electron chi connectivity index (χ3n) is 7.67. The minimum Gasteiger partial charge on any atom is -0.393 e. The van der Waals surface area contributed by atoms with Crippen LogP contribution >= 0.6 is 0 Å². The fraction of sp³-hybridized carbons (Fsp3) is 0.842. The summed E-state index contributed by atoms with van der Waals surface area (Å²) in [6, 6.07) is 0. The topological polar surface area (TPSA) is 37.3 Å². The van der Waals surface area contributed by atoms with Crippen molar-refractivity contribution in [1.82, 2.24) is 0 Å². The van der Waals surface area contributed by atoms with Crippen LogP contribution in [0.4, 0.5) is 0 Å². The molecule has 0 unspecified atom stereocenters. The molecule has 0 bridgehead atoms. The van der Waals surface area contributed by atoms with E-state index in [-0.39, 0.29) is 11.5 Å². The molecule has 4 rings (SSSR count). The summed E-state index contributed by atoms with van der Waals surface area (Å²) in [6.07, 6.45) is 10.7. The molecule has 2 heteroatoms. The van der Waals surface area contributed by atoms with Crippen molar-refractivity contribution in [2.45, 2.75) is 71.3 Å². The highest BCUT2D eigenvalue weighted by atomic mass is 16.3. The zero-order valence-electron chi connectivity index (χ0n) is 13.4. The van der Waals surface area contributed by atoms with Crippen molar-refractivity contribution in [3.05, 3.63) is 11.6 Å². The summed E-state index contributed by atoms with van der Waals surface area (Å²) in [5.74, 6) is 2.18. The first-order valence-electron chi connectivity index (χ1n) is 8.86. The molecule has 4 aliphatic carbocycles. The van der Waals surface area contributed by atoms with Gasteiger partial charge in [0.2, 0.25) is 0 Å². The molecule has 1 N–H and O–H groups in total. The van der Waals surface area contributed by atoms with E-state index in [4.69, 9.17) is 0 Å². The van der Waals surface area contributed by atoms with Crippen LogP contribution in [0.3, 0.4) is 0 Å². The second-order valence-electron chi connectivity index (χ2n) is 8.71. The minimum absolute atomic E-state index is 0.0835. The Kier molecular flexibility index (Phi) is 2.96. The van der Waals surface area contributed by atoms with E-state index in [1.807, 2.05) is 6.08 Å². The Morgan fingerprint density at radius 1 is 1.19 bits per heavy atom.